The molecule has 0 unspecified atom stereocenters. The summed E-state index contributed by atoms with van der Waals surface area (Å²) in [5.74, 6) is -0.738. The number of sulfonamides is 1. The molecule has 2 N–H and O–H groups in total. The molecule has 10 nitrogen and oxygen atoms in total. The van der Waals surface area contributed by atoms with E-state index in [0.29, 0.717) is 25.4 Å². The third-order valence-corrected chi connectivity index (χ3v) is 9.52. The molecular weight excluding hydrogens is 611 g/mol. The number of amides is 1. The fourth-order valence-electron chi connectivity index (χ4n) is 5.45. The normalized spacial score (nSPS) is 20.8. The van der Waals surface area contributed by atoms with Crippen molar-refractivity contribution in [1.29, 1.82) is 0 Å². The molecule has 0 aliphatic carbocycles. The molecule has 0 spiro atoms. The summed E-state index contributed by atoms with van der Waals surface area (Å²) >= 11 is 0. The number of hydrogen-bond donors (Lipinski definition) is 2. The molecule has 12 heteroatoms. The second kappa shape index (κ2) is 16.3. The van der Waals surface area contributed by atoms with Crippen LogP contribution in [-0.4, -0.2) is 85.8 Å². The molecule has 250 valence electrons. The van der Waals surface area contributed by atoms with Gasteiger partial charge >= 0.3 is 0 Å². The Bertz CT molecular complexity index is 1530. The second-order valence-electron chi connectivity index (χ2n) is 12.1. The number of likely N-dealkylation sites (N-methyl/N-ethyl adjacent to an activating group) is 1. The van der Waals surface area contributed by atoms with Gasteiger partial charge in [-0.1, -0.05) is 6.92 Å². The molecule has 0 radical (unpaired) electrons. The summed E-state index contributed by atoms with van der Waals surface area (Å²) in [5.41, 5.74) is 1.45. The highest BCUT2D eigenvalue weighted by molar-refractivity contribution is 7.92. The molecule has 0 bridgehead atoms. The monoisotopic (exact) mass is 656 g/mol. The Kier molecular flexibility index (Phi) is 12.5. The van der Waals surface area contributed by atoms with Crippen LogP contribution in [0.1, 0.15) is 56.0 Å². The lowest BCUT2D eigenvalue weighted by Crippen LogP contribution is -2.47. The molecule has 2 aromatic carbocycles. The van der Waals surface area contributed by atoms with Crippen molar-refractivity contribution in [3.8, 4) is 5.75 Å². The molecule has 1 aromatic heterocycles. The zero-order valence-electron chi connectivity index (χ0n) is 26.9. The zero-order chi connectivity index (χ0) is 33.3. The maximum absolute atomic E-state index is 14.3. The van der Waals surface area contributed by atoms with Crippen LogP contribution < -0.4 is 9.46 Å². The van der Waals surface area contributed by atoms with Crippen molar-refractivity contribution >= 4 is 21.6 Å². The van der Waals surface area contributed by atoms with E-state index in [1.807, 2.05) is 33.0 Å². The highest BCUT2D eigenvalue weighted by Gasteiger charge is 2.30. The number of pyridine rings is 1. The van der Waals surface area contributed by atoms with E-state index in [2.05, 4.69) is 14.6 Å². The highest BCUT2D eigenvalue weighted by Crippen LogP contribution is 2.29. The van der Waals surface area contributed by atoms with E-state index in [1.165, 1.54) is 24.3 Å². The lowest BCUT2D eigenvalue weighted by molar-refractivity contribution is -0.0177. The molecule has 3 aromatic rings. The summed E-state index contributed by atoms with van der Waals surface area (Å²) in [7, 11) is -2.03. The van der Waals surface area contributed by atoms with Crippen LogP contribution in [0.4, 0.5) is 10.1 Å². The molecule has 0 saturated carbocycles. The highest BCUT2D eigenvalue weighted by atomic mass is 32.2. The molecule has 1 amide bonds. The van der Waals surface area contributed by atoms with Crippen molar-refractivity contribution in [2.45, 2.75) is 69.7 Å². The summed E-state index contributed by atoms with van der Waals surface area (Å²) < 4.78 is 54.8. The Balaban J connectivity index is 1.64. The number of ether oxygens (including phenoxy) is 2. The summed E-state index contributed by atoms with van der Waals surface area (Å²) in [6, 6.07) is 12.5. The van der Waals surface area contributed by atoms with Gasteiger partial charge < -0.3 is 19.5 Å². The van der Waals surface area contributed by atoms with E-state index < -0.39 is 27.8 Å². The number of aliphatic hydroxyl groups excluding tert-OH is 1. The van der Waals surface area contributed by atoms with Crippen LogP contribution in [-0.2, 0) is 21.3 Å². The van der Waals surface area contributed by atoms with Crippen molar-refractivity contribution < 1.29 is 32.2 Å². The van der Waals surface area contributed by atoms with Crippen LogP contribution in [0.25, 0.3) is 0 Å². The number of anilines is 1. The number of fused-ring (bicyclic) bond motifs is 1. The van der Waals surface area contributed by atoms with Crippen LogP contribution in [0.2, 0.25) is 0 Å². The van der Waals surface area contributed by atoms with Crippen LogP contribution in [0.3, 0.4) is 0 Å². The van der Waals surface area contributed by atoms with Gasteiger partial charge in [0.05, 0.1) is 35.3 Å². The number of carbonyl (C=O) groups excluding carboxylic acids is 1. The largest absolute Gasteiger partial charge is 0.490 e. The van der Waals surface area contributed by atoms with Crippen molar-refractivity contribution in [2.75, 3.05) is 38.1 Å². The first-order chi connectivity index (χ1) is 22.0. The first-order valence-corrected chi connectivity index (χ1v) is 17.1. The van der Waals surface area contributed by atoms with Crippen LogP contribution in [0.15, 0.2) is 71.9 Å². The lowest BCUT2D eigenvalue weighted by atomic mass is 10.0. The first kappa shape index (κ1) is 35.3. The van der Waals surface area contributed by atoms with Gasteiger partial charge in [-0.3, -0.25) is 19.4 Å². The van der Waals surface area contributed by atoms with E-state index in [9.17, 15) is 22.7 Å². The second-order valence-corrected chi connectivity index (χ2v) is 13.8. The summed E-state index contributed by atoms with van der Waals surface area (Å²) in [4.78, 5) is 22.1. The van der Waals surface area contributed by atoms with Crippen LogP contribution >= 0.6 is 0 Å². The van der Waals surface area contributed by atoms with Crippen molar-refractivity contribution in [3.63, 3.8) is 0 Å². The van der Waals surface area contributed by atoms with Gasteiger partial charge in [-0.2, -0.15) is 0 Å². The number of rotatable bonds is 9. The van der Waals surface area contributed by atoms with Crippen molar-refractivity contribution in [2.24, 2.45) is 5.92 Å². The number of halogens is 1. The Morgan fingerprint density at radius 2 is 1.83 bits per heavy atom. The predicted octanol–water partition coefficient (Wildman–Crippen LogP) is 4.95. The Hall–Kier alpha value is -3.58. The predicted molar refractivity (Wildman–Crippen MR) is 175 cm³/mol. The van der Waals surface area contributed by atoms with E-state index in [4.69, 9.17) is 9.47 Å². The Morgan fingerprint density at radius 3 is 2.52 bits per heavy atom. The van der Waals surface area contributed by atoms with Gasteiger partial charge in [0.25, 0.3) is 15.9 Å². The number of aliphatic hydroxyl groups is 1. The lowest BCUT2D eigenvalue weighted by Gasteiger charge is -2.36. The number of hydrogen-bond acceptors (Lipinski definition) is 8. The average molecular weight is 657 g/mol. The van der Waals surface area contributed by atoms with E-state index in [-0.39, 0.29) is 47.4 Å². The van der Waals surface area contributed by atoms with Gasteiger partial charge in [0, 0.05) is 50.2 Å². The molecular formula is C34H45FN4O6S. The van der Waals surface area contributed by atoms with Crippen LogP contribution in [0, 0.1) is 11.7 Å². The van der Waals surface area contributed by atoms with Crippen LogP contribution in [0.5, 0.6) is 5.75 Å². The first-order valence-electron chi connectivity index (χ1n) is 15.7. The third-order valence-electron chi connectivity index (χ3n) is 8.12. The summed E-state index contributed by atoms with van der Waals surface area (Å²) in [5, 5.41) is 10.2. The third kappa shape index (κ3) is 9.71. The number of nitrogens with one attached hydrogen (secondary N) is 1. The SMILES string of the molecule is C[C@@H]1CN([C@@H](C)CO)C(=O)c2cc(NS(=O)(=O)c3ccc(F)cc3)ccc2O[C@@H](C)CCCCO[C@@H]1CN(C)Cc1ccncc1. The fraction of sp³-hybridized carbons (Fsp3) is 0.471. The van der Waals surface area contributed by atoms with E-state index in [0.717, 1.165) is 37.0 Å². The fourth-order valence-corrected chi connectivity index (χ4v) is 6.50. The average Bonchev–Trinajstić information content (AvgIpc) is 3.03. The Morgan fingerprint density at radius 1 is 1.11 bits per heavy atom. The van der Waals surface area contributed by atoms with E-state index >= 15 is 0 Å². The molecule has 1 aliphatic heterocycles. The van der Waals surface area contributed by atoms with Gasteiger partial charge in [0.1, 0.15) is 11.6 Å². The number of nitrogens with zero attached hydrogens (tertiary/aromatic N) is 3. The quantitative estimate of drug-likeness (QED) is 0.332. The molecule has 0 fully saturated rings. The minimum Gasteiger partial charge on any atom is -0.490 e. The molecule has 4 rings (SSSR count). The topological polar surface area (TPSA) is 121 Å². The standard InChI is InChI=1S/C34H45FN4O6S/c1-24-20-39(25(2)23-40)34(41)31-19-29(37-46(42,43)30-11-8-28(35)9-12-30)10-13-32(31)45-26(3)7-5-6-18-44-33(24)22-38(4)21-27-14-16-36-17-15-27/h8-17,19,24-26,33,37,40H,5-7,18,20-23H2,1-4H3/t24-,25+,26+,33-/m1/s1. The maximum Gasteiger partial charge on any atom is 0.261 e. The number of benzene rings is 2. The van der Waals surface area contributed by atoms with E-state index in [1.54, 1.807) is 30.3 Å². The zero-order valence-corrected chi connectivity index (χ0v) is 27.7. The summed E-state index contributed by atoms with van der Waals surface area (Å²) in [6.45, 7) is 7.66. The van der Waals surface area contributed by atoms with Crippen molar-refractivity contribution in [1.82, 2.24) is 14.8 Å². The number of carbonyl (C=O) groups is 1. The maximum atomic E-state index is 14.3. The summed E-state index contributed by atoms with van der Waals surface area (Å²) in [6.07, 6.45) is 5.56. The Labute approximate surface area is 271 Å². The molecule has 4 atom stereocenters. The molecule has 1 aliphatic rings. The molecule has 2 heterocycles. The van der Waals surface area contributed by atoms with Gasteiger partial charge in [0.15, 0.2) is 0 Å². The van der Waals surface area contributed by atoms with Gasteiger partial charge in [0.2, 0.25) is 0 Å². The molecule has 46 heavy (non-hydrogen) atoms. The van der Waals surface area contributed by atoms with Gasteiger partial charge in [-0.15, -0.1) is 0 Å². The smallest absolute Gasteiger partial charge is 0.261 e. The minimum atomic E-state index is -4.07. The van der Waals surface area contributed by atoms with Gasteiger partial charge in [-0.05, 0) is 100 Å². The van der Waals surface area contributed by atoms with Crippen molar-refractivity contribution in [3.05, 3.63) is 83.9 Å². The number of aromatic nitrogens is 1. The minimum absolute atomic E-state index is 0.107. The van der Waals surface area contributed by atoms with Gasteiger partial charge in [-0.25, -0.2) is 12.8 Å². The molecule has 0 saturated heterocycles.